The Morgan fingerprint density at radius 3 is 1.24 bits per heavy atom. The van der Waals surface area contributed by atoms with Crippen molar-refractivity contribution in [2.45, 2.75) is 276 Å². The Hall–Kier alpha value is -1.40. The van der Waals surface area contributed by atoms with Crippen LogP contribution in [0.15, 0.2) is 12.2 Å². The van der Waals surface area contributed by atoms with Crippen molar-refractivity contribution in [2.75, 3.05) is 13.2 Å². The van der Waals surface area contributed by atoms with Gasteiger partial charge in [-0.25, -0.2) is 0 Å². The molecule has 3 N–H and O–H groups in total. The van der Waals surface area contributed by atoms with Crippen molar-refractivity contribution in [2.24, 2.45) is 0 Å². The van der Waals surface area contributed by atoms with Gasteiger partial charge < -0.3 is 20.3 Å². The first-order valence-electron chi connectivity index (χ1n) is 24.5. The molecule has 0 saturated heterocycles. The lowest BCUT2D eigenvalue weighted by Gasteiger charge is -2.20. The fourth-order valence-electron chi connectivity index (χ4n) is 7.51. The van der Waals surface area contributed by atoms with Gasteiger partial charge in [0.05, 0.1) is 25.4 Å². The number of hydrogen-bond donors (Lipinski definition) is 3. The summed E-state index contributed by atoms with van der Waals surface area (Å²) in [6.07, 6.45) is 50.6. The summed E-state index contributed by atoms with van der Waals surface area (Å²) in [6.45, 7) is 4.84. The van der Waals surface area contributed by atoms with Gasteiger partial charge >= 0.3 is 5.97 Å². The molecule has 2 unspecified atom stereocenters. The van der Waals surface area contributed by atoms with Crippen LogP contribution < -0.4 is 5.32 Å². The highest BCUT2D eigenvalue weighted by Crippen LogP contribution is 2.16. The minimum absolute atomic E-state index is 0.0241. The average Bonchev–Trinajstić information content (AvgIpc) is 3.18. The third-order valence-corrected chi connectivity index (χ3v) is 11.3. The Labute approximate surface area is 342 Å². The summed E-state index contributed by atoms with van der Waals surface area (Å²) in [7, 11) is 0. The zero-order valence-corrected chi connectivity index (χ0v) is 36.9. The summed E-state index contributed by atoms with van der Waals surface area (Å²) in [4.78, 5) is 24.4. The number of hydrogen-bond acceptors (Lipinski definition) is 5. The van der Waals surface area contributed by atoms with E-state index in [-0.39, 0.29) is 18.5 Å². The van der Waals surface area contributed by atoms with Gasteiger partial charge in [0.25, 0.3) is 0 Å². The highest BCUT2D eigenvalue weighted by Gasteiger charge is 2.18. The number of nitrogens with one attached hydrogen (secondary N) is 1. The van der Waals surface area contributed by atoms with Crippen molar-refractivity contribution in [3.05, 3.63) is 12.2 Å². The van der Waals surface area contributed by atoms with Crippen LogP contribution in [0.5, 0.6) is 0 Å². The fourth-order valence-corrected chi connectivity index (χ4v) is 7.51. The predicted molar refractivity (Wildman–Crippen MR) is 237 cm³/mol. The summed E-state index contributed by atoms with van der Waals surface area (Å²) in [5.41, 5.74) is 0. The molecule has 0 heterocycles. The molecule has 0 fully saturated rings. The molecular formula is C49H95NO5. The summed E-state index contributed by atoms with van der Waals surface area (Å²) >= 11 is 0. The van der Waals surface area contributed by atoms with Gasteiger partial charge in [0.1, 0.15) is 0 Å². The minimum Gasteiger partial charge on any atom is -0.466 e. The molecule has 1 amide bonds. The molecule has 0 radical (unpaired) electrons. The first-order valence-corrected chi connectivity index (χ1v) is 24.5. The third kappa shape index (κ3) is 42.0. The Bertz CT molecular complexity index is 817. The predicted octanol–water partition coefficient (Wildman–Crippen LogP) is 14.2. The molecule has 0 spiro atoms. The van der Waals surface area contributed by atoms with Crippen molar-refractivity contribution < 1.29 is 24.5 Å². The van der Waals surface area contributed by atoms with Crippen LogP contribution >= 0.6 is 0 Å². The number of rotatable bonds is 45. The van der Waals surface area contributed by atoms with Crippen LogP contribution in [-0.4, -0.2) is 47.4 Å². The van der Waals surface area contributed by atoms with Crippen molar-refractivity contribution in [3.8, 4) is 0 Å². The molecule has 0 aromatic rings. The van der Waals surface area contributed by atoms with E-state index in [1.807, 2.05) is 6.08 Å². The molecule has 0 aliphatic heterocycles. The summed E-state index contributed by atoms with van der Waals surface area (Å²) in [6, 6.07) is -0.645. The molecule has 0 rings (SSSR count). The Morgan fingerprint density at radius 1 is 0.491 bits per heavy atom. The van der Waals surface area contributed by atoms with E-state index in [4.69, 9.17) is 4.74 Å². The fraction of sp³-hybridized carbons (Fsp3) is 0.918. The summed E-state index contributed by atoms with van der Waals surface area (Å²) < 4.78 is 5.45. The van der Waals surface area contributed by atoms with Crippen LogP contribution in [0.3, 0.4) is 0 Å². The van der Waals surface area contributed by atoms with E-state index in [0.717, 1.165) is 57.8 Å². The van der Waals surface area contributed by atoms with E-state index in [9.17, 15) is 19.8 Å². The number of allylic oxidation sites excluding steroid dienone is 1. The van der Waals surface area contributed by atoms with E-state index < -0.39 is 12.1 Å². The summed E-state index contributed by atoms with van der Waals surface area (Å²) in [5, 5.41) is 23.0. The standard InChI is InChI=1S/C49H95NO5/c1-3-5-7-9-11-13-15-17-18-19-21-23-27-31-35-39-43-49(54)55-44-40-36-32-28-24-26-30-34-38-42-48(53)50-46(45-51)47(52)41-37-33-29-25-22-20-16-14-12-10-8-6-4-2/h37,41,46-47,51-52H,3-36,38-40,42-45H2,1-2H3,(H,50,53)/b41-37+. The van der Waals surface area contributed by atoms with E-state index in [0.29, 0.717) is 19.4 Å². The number of esters is 1. The zero-order chi connectivity index (χ0) is 40.1. The number of ether oxygens (including phenoxy) is 1. The topological polar surface area (TPSA) is 95.9 Å². The molecule has 0 aliphatic rings. The van der Waals surface area contributed by atoms with Crippen LogP contribution in [0.1, 0.15) is 264 Å². The lowest BCUT2D eigenvalue weighted by molar-refractivity contribution is -0.143. The van der Waals surface area contributed by atoms with Gasteiger partial charge in [0.15, 0.2) is 0 Å². The number of carbonyl (C=O) groups is 2. The van der Waals surface area contributed by atoms with Gasteiger partial charge in [-0.05, 0) is 32.1 Å². The molecule has 6 nitrogen and oxygen atoms in total. The molecule has 6 heteroatoms. The largest absolute Gasteiger partial charge is 0.466 e. The normalized spacial score (nSPS) is 12.7. The van der Waals surface area contributed by atoms with Gasteiger partial charge in [-0.2, -0.15) is 0 Å². The smallest absolute Gasteiger partial charge is 0.305 e. The first-order chi connectivity index (χ1) is 27.0. The average molecular weight is 778 g/mol. The van der Waals surface area contributed by atoms with Crippen molar-refractivity contribution in [1.29, 1.82) is 0 Å². The molecule has 0 saturated carbocycles. The Balaban J connectivity index is 3.50. The molecule has 55 heavy (non-hydrogen) atoms. The molecule has 326 valence electrons. The Kier molecular flexibility index (Phi) is 44.2. The second-order valence-electron chi connectivity index (χ2n) is 16.8. The maximum atomic E-state index is 12.4. The van der Waals surface area contributed by atoms with Gasteiger partial charge in [-0.15, -0.1) is 0 Å². The minimum atomic E-state index is -0.859. The van der Waals surface area contributed by atoms with Crippen LogP contribution in [0, 0.1) is 0 Å². The van der Waals surface area contributed by atoms with E-state index >= 15 is 0 Å². The lowest BCUT2D eigenvalue weighted by Crippen LogP contribution is -2.45. The highest BCUT2D eigenvalue weighted by atomic mass is 16.5. The maximum Gasteiger partial charge on any atom is 0.305 e. The van der Waals surface area contributed by atoms with Crippen LogP contribution in [-0.2, 0) is 14.3 Å². The number of aliphatic hydroxyl groups excluding tert-OH is 2. The zero-order valence-electron chi connectivity index (χ0n) is 36.9. The second-order valence-corrected chi connectivity index (χ2v) is 16.8. The van der Waals surface area contributed by atoms with Gasteiger partial charge in [0, 0.05) is 12.8 Å². The van der Waals surface area contributed by atoms with Gasteiger partial charge in [-0.3, -0.25) is 9.59 Å². The number of amides is 1. The number of carbonyl (C=O) groups excluding carboxylic acids is 2. The molecule has 0 aromatic carbocycles. The summed E-state index contributed by atoms with van der Waals surface area (Å²) in [5.74, 6) is -0.119. The van der Waals surface area contributed by atoms with E-state index in [2.05, 4.69) is 19.2 Å². The SMILES string of the molecule is CCCCCCCCCCCCC/C=C/C(O)C(CO)NC(=O)CCCCCCCCCCCOC(=O)CCCCCCCCCCCCCCCCCC. The molecule has 0 bridgehead atoms. The van der Waals surface area contributed by atoms with Gasteiger partial charge in [-0.1, -0.05) is 231 Å². The number of unbranched alkanes of at least 4 members (excludes halogenated alkanes) is 34. The van der Waals surface area contributed by atoms with Crippen LogP contribution in [0.25, 0.3) is 0 Å². The lowest BCUT2D eigenvalue weighted by atomic mass is 10.0. The molecule has 0 aliphatic carbocycles. The molecule has 0 aromatic heterocycles. The van der Waals surface area contributed by atoms with E-state index in [1.165, 1.54) is 180 Å². The number of aliphatic hydroxyl groups is 2. The van der Waals surface area contributed by atoms with Crippen LogP contribution in [0.2, 0.25) is 0 Å². The van der Waals surface area contributed by atoms with Crippen LogP contribution in [0.4, 0.5) is 0 Å². The van der Waals surface area contributed by atoms with E-state index in [1.54, 1.807) is 6.08 Å². The molecule has 2 atom stereocenters. The van der Waals surface area contributed by atoms with Crippen molar-refractivity contribution in [1.82, 2.24) is 5.32 Å². The Morgan fingerprint density at radius 2 is 0.836 bits per heavy atom. The maximum absolute atomic E-state index is 12.4. The van der Waals surface area contributed by atoms with Crippen molar-refractivity contribution >= 4 is 11.9 Å². The second kappa shape index (κ2) is 45.3. The highest BCUT2D eigenvalue weighted by molar-refractivity contribution is 5.76. The third-order valence-electron chi connectivity index (χ3n) is 11.3. The van der Waals surface area contributed by atoms with Crippen molar-refractivity contribution in [3.63, 3.8) is 0 Å². The first kappa shape index (κ1) is 53.6. The monoisotopic (exact) mass is 778 g/mol. The molecular weight excluding hydrogens is 683 g/mol. The quantitative estimate of drug-likeness (QED) is 0.0325. The van der Waals surface area contributed by atoms with Gasteiger partial charge in [0.2, 0.25) is 5.91 Å².